The molecular formula is C34H37F2N5O3. The summed E-state index contributed by atoms with van der Waals surface area (Å²) >= 11 is 0. The molecule has 6 bridgehead atoms. The van der Waals surface area contributed by atoms with Gasteiger partial charge in [0.05, 0.1) is 17.5 Å². The van der Waals surface area contributed by atoms with Crippen LogP contribution in [0, 0.1) is 17.6 Å². The van der Waals surface area contributed by atoms with Crippen LogP contribution in [-0.4, -0.2) is 76.5 Å². The molecule has 1 N–H and O–H groups in total. The number of phenols is 1. The molecule has 44 heavy (non-hydrogen) atoms. The molecular weight excluding hydrogens is 564 g/mol. The highest BCUT2D eigenvalue weighted by atomic mass is 19.1. The average Bonchev–Trinajstić information content (AvgIpc) is 3.61. The van der Waals surface area contributed by atoms with Gasteiger partial charge in [-0.05, 0) is 105 Å². The Labute approximate surface area is 255 Å². The van der Waals surface area contributed by atoms with Gasteiger partial charge in [-0.15, -0.1) is 0 Å². The van der Waals surface area contributed by atoms with Crippen LogP contribution in [0.25, 0.3) is 32.9 Å². The number of phenolic OH excluding ortho intramolecular Hbond substituents is 1. The molecule has 9 rings (SSSR count). The van der Waals surface area contributed by atoms with Crippen molar-refractivity contribution in [3.8, 4) is 23.0 Å². The Bertz CT molecular complexity index is 1740. The summed E-state index contributed by atoms with van der Waals surface area (Å²) < 4.78 is 44.6. The van der Waals surface area contributed by atoms with Crippen LogP contribution in [-0.2, 0) is 11.2 Å². The van der Waals surface area contributed by atoms with Crippen LogP contribution >= 0.6 is 0 Å². The second-order valence-corrected chi connectivity index (χ2v) is 12.9. The van der Waals surface area contributed by atoms with Crippen LogP contribution < -0.4 is 9.64 Å². The van der Waals surface area contributed by atoms with E-state index < -0.39 is 11.6 Å². The first-order chi connectivity index (χ1) is 21.5. The SMILES string of the molecule is Oc1cc2c3c(c(F)ccc3c1)CCOCCC1CCCN(C1)c1nc(OCC34CCCN3CCC4)nc3c(F)c-2ncc13. The monoisotopic (exact) mass is 601 g/mol. The van der Waals surface area contributed by atoms with Crippen molar-refractivity contribution in [1.29, 1.82) is 0 Å². The molecule has 230 valence electrons. The first-order valence-electron chi connectivity index (χ1n) is 16.0. The van der Waals surface area contributed by atoms with E-state index in [9.17, 15) is 5.11 Å². The number of benzene rings is 2. The molecule has 1 atom stereocenters. The Hall–Kier alpha value is -3.63. The molecule has 0 spiro atoms. The predicted molar refractivity (Wildman–Crippen MR) is 164 cm³/mol. The molecule has 0 saturated carbocycles. The zero-order valence-electron chi connectivity index (χ0n) is 24.8. The summed E-state index contributed by atoms with van der Waals surface area (Å²) in [5.74, 6) is -0.0835. The van der Waals surface area contributed by atoms with Crippen molar-refractivity contribution in [2.75, 3.05) is 50.9 Å². The van der Waals surface area contributed by atoms with Gasteiger partial charge < -0.3 is 19.5 Å². The van der Waals surface area contributed by atoms with Crippen molar-refractivity contribution in [3.05, 3.63) is 47.7 Å². The van der Waals surface area contributed by atoms with Gasteiger partial charge in [-0.3, -0.25) is 9.88 Å². The first kappa shape index (κ1) is 27.9. The molecule has 4 aromatic rings. The van der Waals surface area contributed by atoms with Crippen molar-refractivity contribution >= 4 is 27.5 Å². The molecule has 5 aliphatic rings. The van der Waals surface area contributed by atoms with Crippen molar-refractivity contribution in [1.82, 2.24) is 19.9 Å². The molecule has 2 aromatic heterocycles. The Kier molecular flexibility index (Phi) is 7.01. The molecule has 8 nitrogen and oxygen atoms in total. The number of pyridine rings is 1. The summed E-state index contributed by atoms with van der Waals surface area (Å²) in [6.45, 7) is 5.10. The van der Waals surface area contributed by atoms with E-state index in [-0.39, 0.29) is 28.5 Å². The van der Waals surface area contributed by atoms with Gasteiger partial charge in [0.25, 0.3) is 0 Å². The summed E-state index contributed by atoms with van der Waals surface area (Å²) in [5.41, 5.74) is 0.842. The third-order valence-corrected chi connectivity index (χ3v) is 10.3. The van der Waals surface area contributed by atoms with E-state index in [1.165, 1.54) is 12.1 Å². The van der Waals surface area contributed by atoms with Crippen LogP contribution in [0.4, 0.5) is 14.6 Å². The van der Waals surface area contributed by atoms with Gasteiger partial charge in [0.15, 0.2) is 5.82 Å². The summed E-state index contributed by atoms with van der Waals surface area (Å²) in [7, 11) is 0. The number of anilines is 1. The number of hydrogen-bond donors (Lipinski definition) is 1. The van der Waals surface area contributed by atoms with Crippen LogP contribution in [0.2, 0.25) is 0 Å². The molecule has 1 unspecified atom stereocenters. The molecule has 2 aromatic carbocycles. The van der Waals surface area contributed by atoms with Crippen molar-refractivity contribution < 1.29 is 23.4 Å². The Morgan fingerprint density at radius 1 is 1.02 bits per heavy atom. The van der Waals surface area contributed by atoms with Crippen LogP contribution in [0.1, 0.15) is 50.5 Å². The summed E-state index contributed by atoms with van der Waals surface area (Å²) in [6.07, 6.45) is 9.32. The number of fused-ring (bicyclic) bond motifs is 6. The lowest BCUT2D eigenvalue weighted by Gasteiger charge is -2.34. The number of aromatic hydroxyl groups is 1. The third-order valence-electron chi connectivity index (χ3n) is 10.3. The minimum Gasteiger partial charge on any atom is -0.508 e. The van der Waals surface area contributed by atoms with Crippen molar-refractivity contribution in [2.45, 2.75) is 56.9 Å². The average molecular weight is 602 g/mol. The van der Waals surface area contributed by atoms with Gasteiger partial charge >= 0.3 is 6.01 Å². The first-order valence-corrected chi connectivity index (χ1v) is 16.0. The van der Waals surface area contributed by atoms with Crippen LogP contribution in [0.15, 0.2) is 30.5 Å². The highest BCUT2D eigenvalue weighted by molar-refractivity contribution is 6.01. The molecule has 7 heterocycles. The standard InChI is InChI=1S/C34H37F2N5O3/c35-27-6-5-22-16-23(42)17-25-28(22)24(27)8-15-43-14-7-21-4-1-11-40(19-21)32-26-18-37-30(25)29(36)31(26)38-33(39-32)44-20-34-9-2-12-41(34)13-3-10-34/h5-6,16-18,21,42H,1-4,7-15,19-20H2. The number of hydrogen-bond acceptors (Lipinski definition) is 8. The van der Waals surface area contributed by atoms with E-state index in [0.29, 0.717) is 65.3 Å². The number of halogens is 2. The van der Waals surface area contributed by atoms with Gasteiger partial charge in [0, 0.05) is 31.5 Å². The minimum absolute atomic E-state index is 0.00161. The van der Waals surface area contributed by atoms with E-state index in [0.717, 1.165) is 71.1 Å². The Morgan fingerprint density at radius 2 is 1.89 bits per heavy atom. The molecule has 0 amide bonds. The lowest BCUT2D eigenvalue weighted by Crippen LogP contribution is -2.43. The van der Waals surface area contributed by atoms with E-state index in [2.05, 4.69) is 19.8 Å². The number of nitrogens with zero attached hydrogens (tertiary/aromatic N) is 5. The lowest BCUT2D eigenvalue weighted by molar-refractivity contribution is 0.107. The maximum Gasteiger partial charge on any atom is 0.319 e. The van der Waals surface area contributed by atoms with Gasteiger partial charge in [0.2, 0.25) is 0 Å². The number of piperidine rings is 1. The predicted octanol–water partition coefficient (Wildman–Crippen LogP) is 6.02. The van der Waals surface area contributed by atoms with Crippen LogP contribution in [0.3, 0.4) is 0 Å². The van der Waals surface area contributed by atoms with Gasteiger partial charge in [0.1, 0.15) is 35.2 Å². The quantitative estimate of drug-likeness (QED) is 0.306. The fourth-order valence-corrected chi connectivity index (χ4v) is 8.13. The fourth-order valence-electron chi connectivity index (χ4n) is 8.13. The molecule has 10 heteroatoms. The molecule has 3 saturated heterocycles. The summed E-state index contributed by atoms with van der Waals surface area (Å²) in [4.78, 5) is 18.9. The van der Waals surface area contributed by atoms with E-state index in [4.69, 9.17) is 14.5 Å². The highest BCUT2D eigenvalue weighted by Gasteiger charge is 2.45. The maximum absolute atomic E-state index is 16.8. The van der Waals surface area contributed by atoms with E-state index in [1.54, 1.807) is 18.3 Å². The molecule has 5 aliphatic heterocycles. The zero-order valence-corrected chi connectivity index (χ0v) is 24.8. The second kappa shape index (κ2) is 11.1. The van der Waals surface area contributed by atoms with Crippen LogP contribution in [0.5, 0.6) is 11.8 Å². The smallest absolute Gasteiger partial charge is 0.319 e. The number of rotatable bonds is 3. The largest absolute Gasteiger partial charge is 0.508 e. The minimum atomic E-state index is -0.642. The maximum atomic E-state index is 16.8. The van der Waals surface area contributed by atoms with Crippen molar-refractivity contribution in [3.63, 3.8) is 0 Å². The topological polar surface area (TPSA) is 83.8 Å². The Morgan fingerprint density at radius 3 is 2.75 bits per heavy atom. The van der Waals surface area contributed by atoms with E-state index in [1.807, 2.05) is 0 Å². The second-order valence-electron chi connectivity index (χ2n) is 12.9. The van der Waals surface area contributed by atoms with Crippen molar-refractivity contribution in [2.24, 2.45) is 5.92 Å². The number of ether oxygens (including phenoxy) is 2. The molecule has 3 fully saturated rings. The summed E-state index contributed by atoms with van der Waals surface area (Å²) in [6, 6.07) is 6.17. The summed E-state index contributed by atoms with van der Waals surface area (Å²) in [5, 5.41) is 12.3. The van der Waals surface area contributed by atoms with E-state index >= 15 is 8.78 Å². The zero-order chi connectivity index (χ0) is 29.8. The molecule has 0 radical (unpaired) electrons. The van der Waals surface area contributed by atoms with Gasteiger partial charge in [-0.1, -0.05) is 6.07 Å². The highest BCUT2D eigenvalue weighted by Crippen LogP contribution is 2.41. The van der Waals surface area contributed by atoms with Gasteiger partial charge in [-0.25, -0.2) is 8.78 Å². The normalized spacial score (nSPS) is 21.9. The fraction of sp³-hybridized carbons (Fsp3) is 0.500. The molecule has 0 aliphatic carbocycles. The Balaban J connectivity index is 1.31. The number of aromatic nitrogens is 3. The van der Waals surface area contributed by atoms with Gasteiger partial charge in [-0.2, -0.15) is 9.97 Å². The lowest BCUT2D eigenvalue weighted by atomic mass is 9.93. The third kappa shape index (κ3) is 4.74.